The van der Waals surface area contributed by atoms with Gasteiger partial charge in [-0.25, -0.2) is 0 Å². The fourth-order valence-electron chi connectivity index (χ4n) is 1.29. The van der Waals surface area contributed by atoms with Crippen LogP contribution in [0.3, 0.4) is 0 Å². The largest absolute Gasteiger partial charge is 0.388 e. The molecule has 0 aliphatic heterocycles. The molecule has 0 aliphatic rings. The molecule has 0 aromatic heterocycles. The minimum absolute atomic E-state index is 0.0256. The van der Waals surface area contributed by atoms with E-state index in [1.54, 1.807) is 12.1 Å². The van der Waals surface area contributed by atoms with Crippen LogP contribution in [-0.4, -0.2) is 10.0 Å². The molecule has 0 aliphatic carbocycles. The van der Waals surface area contributed by atoms with Gasteiger partial charge in [0.1, 0.15) is 0 Å². The molecule has 0 fully saturated rings. The molecule has 0 unspecified atom stereocenters. The van der Waals surface area contributed by atoms with Crippen LogP contribution in [0.1, 0.15) is 31.4 Å². The van der Waals surface area contributed by atoms with Crippen LogP contribution in [0.25, 0.3) is 0 Å². The van der Waals surface area contributed by atoms with Crippen LogP contribution in [0.4, 0.5) is 5.69 Å². The monoisotopic (exact) mass is 195 g/mol. The quantitative estimate of drug-likeness (QED) is 0.592. The van der Waals surface area contributed by atoms with Gasteiger partial charge in [0, 0.05) is 12.1 Å². The lowest BCUT2D eigenvalue weighted by atomic mass is 10.1. The number of nitrogens with zero attached hydrogens (tertiary/aromatic N) is 1. The molecular formula is C10H13NO3. The van der Waals surface area contributed by atoms with E-state index in [2.05, 4.69) is 0 Å². The van der Waals surface area contributed by atoms with Crippen molar-refractivity contribution < 1.29 is 10.0 Å². The van der Waals surface area contributed by atoms with E-state index in [9.17, 15) is 15.2 Å². The van der Waals surface area contributed by atoms with Crippen LogP contribution in [0.5, 0.6) is 0 Å². The van der Waals surface area contributed by atoms with E-state index in [-0.39, 0.29) is 5.69 Å². The summed E-state index contributed by atoms with van der Waals surface area (Å²) >= 11 is 0. The van der Waals surface area contributed by atoms with Gasteiger partial charge >= 0.3 is 0 Å². The van der Waals surface area contributed by atoms with Gasteiger partial charge in [0.15, 0.2) is 0 Å². The summed E-state index contributed by atoms with van der Waals surface area (Å²) in [6, 6.07) is 6.13. The molecular weight excluding hydrogens is 182 g/mol. The molecule has 14 heavy (non-hydrogen) atoms. The van der Waals surface area contributed by atoms with Crippen molar-refractivity contribution in [2.24, 2.45) is 0 Å². The Morgan fingerprint density at radius 1 is 1.57 bits per heavy atom. The van der Waals surface area contributed by atoms with E-state index in [1.807, 2.05) is 6.92 Å². The Kier molecular flexibility index (Phi) is 3.59. The molecule has 4 nitrogen and oxygen atoms in total. The smallest absolute Gasteiger partial charge is 0.269 e. The molecule has 1 atom stereocenters. The third-order valence-electron chi connectivity index (χ3n) is 2.03. The molecule has 0 bridgehead atoms. The van der Waals surface area contributed by atoms with Crippen LogP contribution >= 0.6 is 0 Å². The number of rotatable bonds is 4. The summed E-state index contributed by atoms with van der Waals surface area (Å²) in [4.78, 5) is 10.0. The summed E-state index contributed by atoms with van der Waals surface area (Å²) in [5.74, 6) is 0. The summed E-state index contributed by atoms with van der Waals surface area (Å²) in [7, 11) is 0. The SMILES string of the molecule is CCC[C@@H](O)c1cccc([N+](=O)[O-])c1. The molecule has 0 spiro atoms. The van der Waals surface area contributed by atoms with Gasteiger partial charge in [0.25, 0.3) is 5.69 Å². The van der Waals surface area contributed by atoms with Crippen molar-refractivity contribution in [1.82, 2.24) is 0 Å². The molecule has 1 N–H and O–H groups in total. The maximum Gasteiger partial charge on any atom is 0.269 e. The minimum Gasteiger partial charge on any atom is -0.388 e. The van der Waals surface area contributed by atoms with Crippen LogP contribution in [0.2, 0.25) is 0 Å². The first kappa shape index (κ1) is 10.7. The lowest BCUT2D eigenvalue weighted by Gasteiger charge is -2.08. The average Bonchev–Trinajstić information content (AvgIpc) is 2.18. The van der Waals surface area contributed by atoms with E-state index in [1.165, 1.54) is 12.1 Å². The van der Waals surface area contributed by atoms with E-state index in [0.29, 0.717) is 12.0 Å². The van der Waals surface area contributed by atoms with Crippen LogP contribution in [0, 0.1) is 10.1 Å². The molecule has 1 aromatic carbocycles. The first-order valence-corrected chi connectivity index (χ1v) is 4.57. The second kappa shape index (κ2) is 4.72. The number of hydrogen-bond donors (Lipinski definition) is 1. The van der Waals surface area contributed by atoms with Gasteiger partial charge in [-0.1, -0.05) is 25.5 Å². The fourth-order valence-corrected chi connectivity index (χ4v) is 1.29. The Bertz CT molecular complexity index is 325. The maximum atomic E-state index is 10.5. The minimum atomic E-state index is -0.597. The van der Waals surface area contributed by atoms with E-state index in [4.69, 9.17) is 0 Å². The fraction of sp³-hybridized carbons (Fsp3) is 0.400. The van der Waals surface area contributed by atoms with Crippen molar-refractivity contribution in [1.29, 1.82) is 0 Å². The van der Waals surface area contributed by atoms with Crippen molar-refractivity contribution in [3.8, 4) is 0 Å². The van der Waals surface area contributed by atoms with E-state index >= 15 is 0 Å². The molecule has 0 saturated heterocycles. The van der Waals surface area contributed by atoms with Crippen molar-refractivity contribution in [3.63, 3.8) is 0 Å². The highest BCUT2D eigenvalue weighted by Crippen LogP contribution is 2.22. The zero-order chi connectivity index (χ0) is 10.6. The highest BCUT2D eigenvalue weighted by atomic mass is 16.6. The second-order valence-electron chi connectivity index (χ2n) is 3.16. The van der Waals surface area contributed by atoms with Crippen molar-refractivity contribution in [2.75, 3.05) is 0 Å². The predicted molar refractivity (Wildman–Crippen MR) is 53.0 cm³/mol. The topological polar surface area (TPSA) is 63.4 Å². The molecule has 1 rings (SSSR count). The lowest BCUT2D eigenvalue weighted by Crippen LogP contribution is -1.97. The Morgan fingerprint density at radius 3 is 2.86 bits per heavy atom. The highest BCUT2D eigenvalue weighted by Gasteiger charge is 2.10. The summed E-state index contributed by atoms with van der Waals surface area (Å²) in [6.45, 7) is 1.96. The standard InChI is InChI=1S/C10H13NO3/c1-2-4-10(12)8-5-3-6-9(7-8)11(13)14/h3,5-7,10,12H,2,4H2,1H3/t10-/m1/s1. The summed E-state index contributed by atoms with van der Waals surface area (Å²) in [5, 5.41) is 20.1. The number of benzene rings is 1. The first-order chi connectivity index (χ1) is 6.65. The molecule has 0 heterocycles. The number of hydrogen-bond acceptors (Lipinski definition) is 3. The second-order valence-corrected chi connectivity index (χ2v) is 3.16. The van der Waals surface area contributed by atoms with Gasteiger partial charge in [0.2, 0.25) is 0 Å². The third-order valence-corrected chi connectivity index (χ3v) is 2.03. The summed E-state index contributed by atoms with van der Waals surface area (Å²) in [6.07, 6.45) is 0.880. The Hall–Kier alpha value is -1.42. The molecule has 4 heteroatoms. The van der Waals surface area contributed by atoms with Gasteiger partial charge in [-0.3, -0.25) is 10.1 Å². The Balaban J connectivity index is 2.87. The molecule has 0 radical (unpaired) electrons. The normalized spacial score (nSPS) is 12.4. The van der Waals surface area contributed by atoms with Crippen LogP contribution in [0.15, 0.2) is 24.3 Å². The molecule has 1 aromatic rings. The summed E-state index contributed by atoms with van der Waals surface area (Å²) < 4.78 is 0. The van der Waals surface area contributed by atoms with E-state index in [0.717, 1.165) is 6.42 Å². The number of non-ortho nitro benzene ring substituents is 1. The van der Waals surface area contributed by atoms with Gasteiger partial charge in [-0.15, -0.1) is 0 Å². The van der Waals surface area contributed by atoms with Gasteiger partial charge in [-0.2, -0.15) is 0 Å². The third kappa shape index (κ3) is 2.53. The maximum absolute atomic E-state index is 10.5. The van der Waals surface area contributed by atoms with Crippen LogP contribution < -0.4 is 0 Å². The van der Waals surface area contributed by atoms with Gasteiger partial charge in [-0.05, 0) is 12.0 Å². The highest BCUT2D eigenvalue weighted by molar-refractivity contribution is 5.35. The molecule has 0 saturated carbocycles. The Labute approximate surface area is 82.3 Å². The Morgan fingerprint density at radius 2 is 2.29 bits per heavy atom. The van der Waals surface area contributed by atoms with Crippen molar-refractivity contribution >= 4 is 5.69 Å². The zero-order valence-electron chi connectivity index (χ0n) is 8.01. The number of nitro benzene ring substituents is 1. The number of aliphatic hydroxyl groups excluding tert-OH is 1. The van der Waals surface area contributed by atoms with Crippen molar-refractivity contribution in [3.05, 3.63) is 39.9 Å². The lowest BCUT2D eigenvalue weighted by molar-refractivity contribution is -0.385. The average molecular weight is 195 g/mol. The van der Waals surface area contributed by atoms with Crippen molar-refractivity contribution in [2.45, 2.75) is 25.9 Å². The first-order valence-electron chi connectivity index (χ1n) is 4.57. The van der Waals surface area contributed by atoms with Crippen LogP contribution in [-0.2, 0) is 0 Å². The van der Waals surface area contributed by atoms with Gasteiger partial charge in [0.05, 0.1) is 11.0 Å². The number of nitro groups is 1. The molecule has 76 valence electrons. The number of aliphatic hydroxyl groups is 1. The predicted octanol–water partition coefficient (Wildman–Crippen LogP) is 2.43. The zero-order valence-corrected chi connectivity index (χ0v) is 8.01. The van der Waals surface area contributed by atoms with E-state index < -0.39 is 11.0 Å². The summed E-state index contributed by atoms with van der Waals surface area (Å²) in [5.41, 5.74) is 0.638. The molecule has 0 amide bonds. The van der Waals surface area contributed by atoms with Gasteiger partial charge < -0.3 is 5.11 Å².